The molecule has 0 spiro atoms. The van der Waals surface area contributed by atoms with Gasteiger partial charge < -0.3 is 0 Å². The lowest BCUT2D eigenvalue weighted by atomic mass is 9.85. The van der Waals surface area contributed by atoms with Crippen LogP contribution in [0.15, 0.2) is 145 Å². The Morgan fingerprint density at radius 1 is 0.436 bits per heavy atom. The van der Waals surface area contributed by atoms with Crippen LogP contribution in [0.3, 0.4) is 0 Å². The predicted octanol–water partition coefficient (Wildman–Crippen LogP) is 11.4. The van der Waals surface area contributed by atoms with Gasteiger partial charge in [0.25, 0.3) is 0 Å². The Hall–Kier alpha value is -4.72. The summed E-state index contributed by atoms with van der Waals surface area (Å²) >= 11 is 1.79. The normalized spacial score (nSPS) is 13.4. The molecule has 0 atom stereocenters. The Balaban J connectivity index is 1.49. The molecule has 8 rings (SSSR count). The van der Waals surface area contributed by atoms with Crippen molar-refractivity contribution in [3.05, 3.63) is 145 Å². The van der Waals surface area contributed by atoms with E-state index in [1.807, 2.05) is 42.5 Å². The first-order valence-electron chi connectivity index (χ1n) is 15.5. The van der Waals surface area contributed by atoms with Gasteiger partial charge in [0.05, 0.1) is 6.85 Å². The van der Waals surface area contributed by atoms with E-state index in [1.165, 1.54) is 31.3 Å². The molecule has 1 aromatic heterocycles. The van der Waals surface area contributed by atoms with Crippen LogP contribution in [-0.2, 0) is 0 Å². The molecule has 0 fully saturated rings. The van der Waals surface area contributed by atoms with Crippen molar-refractivity contribution in [2.45, 2.75) is 0 Å². The molecule has 0 bridgehead atoms. The molecule has 8 aromatic rings. The van der Waals surface area contributed by atoms with Gasteiger partial charge >= 0.3 is 0 Å². The summed E-state index contributed by atoms with van der Waals surface area (Å²) in [6.07, 6.45) is 0. The molecule has 0 aliphatic rings. The van der Waals surface area contributed by atoms with Gasteiger partial charge in [0.2, 0.25) is 0 Å². The zero-order chi connectivity index (χ0) is 30.1. The average molecular weight is 518 g/mol. The van der Waals surface area contributed by atoms with Gasteiger partial charge in [-0.3, -0.25) is 0 Å². The molecule has 0 nitrogen and oxygen atoms in total. The molecule has 0 saturated carbocycles. The van der Waals surface area contributed by atoms with Crippen molar-refractivity contribution in [3.63, 3.8) is 0 Å². The lowest BCUT2D eigenvalue weighted by Crippen LogP contribution is -1.91. The van der Waals surface area contributed by atoms with Crippen LogP contribution in [0.1, 0.15) is 6.85 Å². The maximum atomic E-state index is 8.83. The summed E-state index contributed by atoms with van der Waals surface area (Å²) in [7, 11) is 0. The number of thiophene rings is 1. The van der Waals surface area contributed by atoms with Crippen molar-refractivity contribution in [3.8, 4) is 33.4 Å². The Morgan fingerprint density at radius 3 is 1.77 bits per heavy atom. The van der Waals surface area contributed by atoms with Gasteiger partial charge in [-0.25, -0.2) is 0 Å². The number of benzene rings is 7. The highest BCUT2D eigenvalue weighted by Crippen LogP contribution is 2.48. The molecule has 0 radical (unpaired) electrons. The van der Waals surface area contributed by atoms with E-state index in [4.69, 9.17) is 6.85 Å². The lowest BCUT2D eigenvalue weighted by Gasteiger charge is -2.18. The minimum Gasteiger partial charge on any atom is -0.135 e. The third-order valence-corrected chi connectivity index (χ3v) is 8.67. The molecule has 0 amide bonds. The fourth-order valence-corrected chi connectivity index (χ4v) is 7.08. The summed E-state index contributed by atoms with van der Waals surface area (Å²) in [6, 6.07) is 38.2. The summed E-state index contributed by atoms with van der Waals surface area (Å²) < 4.78 is 45.0. The molecule has 0 aliphatic carbocycles. The van der Waals surface area contributed by atoms with Crippen LogP contribution >= 0.6 is 11.3 Å². The first-order valence-corrected chi connectivity index (χ1v) is 13.8. The standard InChI is InChI=1S/C38H24S/c1-3-12-25(13-4-1)27-22-23-32-35(24-27)39-34-21-11-20-33(38(32)34)37-30-18-9-7-16-28(30)36(26-14-5-2-6-15-26)29-17-8-10-19-31(29)37/h1-24H/i2D,5D,6D,14D,15D. The Kier molecular flexibility index (Phi) is 4.06. The van der Waals surface area contributed by atoms with Gasteiger partial charge in [-0.15, -0.1) is 11.3 Å². The summed E-state index contributed by atoms with van der Waals surface area (Å²) in [5, 5.41) is 6.04. The molecule has 0 aliphatic heterocycles. The fourth-order valence-electron chi connectivity index (χ4n) is 5.91. The van der Waals surface area contributed by atoms with Crippen LogP contribution in [0.4, 0.5) is 0 Å². The van der Waals surface area contributed by atoms with Crippen molar-refractivity contribution in [1.29, 1.82) is 0 Å². The lowest BCUT2D eigenvalue weighted by molar-refractivity contribution is 1.66. The summed E-state index contributed by atoms with van der Waals surface area (Å²) in [6.45, 7) is 0. The number of rotatable bonds is 3. The van der Waals surface area contributed by atoms with Gasteiger partial charge in [-0.05, 0) is 67.1 Å². The van der Waals surface area contributed by atoms with E-state index in [0.717, 1.165) is 32.7 Å². The molecular weight excluding hydrogens is 488 g/mol. The van der Waals surface area contributed by atoms with Gasteiger partial charge in [0.15, 0.2) is 0 Å². The minimum absolute atomic E-state index is 0.195. The fraction of sp³-hybridized carbons (Fsp3) is 0. The monoisotopic (exact) mass is 517 g/mol. The van der Waals surface area contributed by atoms with Gasteiger partial charge in [0.1, 0.15) is 0 Å². The minimum atomic E-state index is -0.389. The smallest absolute Gasteiger partial charge is 0.0629 e. The number of hydrogen-bond donors (Lipinski definition) is 0. The van der Waals surface area contributed by atoms with Crippen LogP contribution < -0.4 is 0 Å². The van der Waals surface area contributed by atoms with Crippen molar-refractivity contribution in [2.24, 2.45) is 0 Å². The van der Waals surface area contributed by atoms with Crippen molar-refractivity contribution in [1.82, 2.24) is 0 Å². The SMILES string of the molecule is [2H]c1c([2H])c([2H])c(-c2c3ccccc3c(-c3cccc4sc5cc(-c6ccccc6)ccc5c34)c3ccccc23)c([2H])c1[2H]. The van der Waals surface area contributed by atoms with Crippen LogP contribution in [0.25, 0.3) is 75.1 Å². The second-order valence-electron chi connectivity index (χ2n) is 9.70. The quantitative estimate of drug-likeness (QED) is 0.204. The predicted molar refractivity (Wildman–Crippen MR) is 171 cm³/mol. The Labute approximate surface area is 238 Å². The highest BCUT2D eigenvalue weighted by atomic mass is 32.1. The van der Waals surface area contributed by atoms with Gasteiger partial charge in [-0.2, -0.15) is 0 Å². The zero-order valence-electron chi connectivity index (χ0n) is 25.9. The van der Waals surface area contributed by atoms with Crippen LogP contribution in [0.2, 0.25) is 0 Å². The van der Waals surface area contributed by atoms with Crippen molar-refractivity contribution < 1.29 is 6.85 Å². The highest BCUT2D eigenvalue weighted by Gasteiger charge is 2.19. The second-order valence-corrected chi connectivity index (χ2v) is 10.8. The Bertz CT molecular complexity index is 2360. The first kappa shape index (κ1) is 17.7. The van der Waals surface area contributed by atoms with Gasteiger partial charge in [0, 0.05) is 20.2 Å². The van der Waals surface area contributed by atoms with E-state index in [2.05, 4.69) is 72.8 Å². The molecule has 1 heteroatoms. The molecule has 7 aromatic carbocycles. The van der Waals surface area contributed by atoms with Crippen LogP contribution in [-0.4, -0.2) is 0 Å². The summed E-state index contributed by atoms with van der Waals surface area (Å²) in [5.74, 6) is 0. The largest absolute Gasteiger partial charge is 0.135 e. The van der Waals surface area contributed by atoms with E-state index in [1.54, 1.807) is 11.3 Å². The maximum absolute atomic E-state index is 8.83. The summed E-state index contributed by atoms with van der Waals surface area (Å²) in [5.41, 5.74) is 5.44. The molecule has 39 heavy (non-hydrogen) atoms. The van der Waals surface area contributed by atoms with Crippen molar-refractivity contribution in [2.75, 3.05) is 0 Å². The third kappa shape index (κ3) is 3.51. The number of hydrogen-bond acceptors (Lipinski definition) is 1. The van der Waals surface area contributed by atoms with Crippen LogP contribution in [0, 0.1) is 0 Å². The third-order valence-electron chi connectivity index (χ3n) is 7.56. The maximum Gasteiger partial charge on any atom is 0.0629 e. The molecule has 0 saturated heterocycles. The molecule has 0 unspecified atom stereocenters. The molecule has 1 heterocycles. The molecular formula is C38H24S. The highest BCUT2D eigenvalue weighted by molar-refractivity contribution is 7.26. The molecule has 182 valence electrons. The number of fused-ring (bicyclic) bond motifs is 5. The topological polar surface area (TPSA) is 0 Å². The van der Waals surface area contributed by atoms with E-state index in [0.29, 0.717) is 5.56 Å². The molecule has 0 N–H and O–H groups in total. The van der Waals surface area contributed by atoms with E-state index < -0.39 is 0 Å². The van der Waals surface area contributed by atoms with Crippen molar-refractivity contribution >= 4 is 53.1 Å². The Morgan fingerprint density at radius 2 is 1.08 bits per heavy atom. The zero-order valence-corrected chi connectivity index (χ0v) is 21.7. The second kappa shape index (κ2) is 8.94. The van der Waals surface area contributed by atoms with E-state index in [9.17, 15) is 0 Å². The average Bonchev–Trinajstić information content (AvgIpc) is 3.45. The van der Waals surface area contributed by atoms with E-state index >= 15 is 0 Å². The van der Waals surface area contributed by atoms with E-state index in [-0.39, 0.29) is 35.8 Å². The van der Waals surface area contributed by atoms with Gasteiger partial charge in [-0.1, -0.05) is 133 Å². The first-order chi connectivity index (χ1) is 21.4. The summed E-state index contributed by atoms with van der Waals surface area (Å²) in [4.78, 5) is 0. The van der Waals surface area contributed by atoms with Crippen LogP contribution in [0.5, 0.6) is 0 Å².